The van der Waals surface area contributed by atoms with E-state index in [1.165, 1.54) is 23.5 Å². The molecule has 4 rings (SSSR count). The van der Waals surface area contributed by atoms with E-state index in [0.29, 0.717) is 5.95 Å². The Morgan fingerprint density at radius 1 is 1.16 bits per heavy atom. The summed E-state index contributed by atoms with van der Waals surface area (Å²) in [4.78, 5) is 24.7. The van der Waals surface area contributed by atoms with Gasteiger partial charge in [0.05, 0.1) is 18.6 Å². The molecule has 3 heterocycles. The van der Waals surface area contributed by atoms with E-state index in [9.17, 15) is 18.0 Å². The van der Waals surface area contributed by atoms with Crippen LogP contribution in [0.4, 0.5) is 19.1 Å². The van der Waals surface area contributed by atoms with Gasteiger partial charge in [0.15, 0.2) is 5.78 Å². The second kappa shape index (κ2) is 8.82. The van der Waals surface area contributed by atoms with Gasteiger partial charge < -0.3 is 9.64 Å². The number of nitrogens with zero attached hydrogens (tertiary/aromatic N) is 4. The van der Waals surface area contributed by atoms with E-state index in [0.717, 1.165) is 45.0 Å². The lowest BCUT2D eigenvalue weighted by Crippen LogP contribution is -2.47. The summed E-state index contributed by atoms with van der Waals surface area (Å²) in [6, 6.07) is 6.71. The SMILES string of the molecule is CC(c1ccc2c(c1)OCC2)N1CCN(c2ncc(C(=O)CCC(F)(F)F)cn2)CC1. The quantitative estimate of drug-likeness (QED) is 0.645. The minimum Gasteiger partial charge on any atom is -0.493 e. The molecule has 1 fully saturated rings. The number of Topliss-reactive ketones (excluding diaryl/α,β-unsaturated/α-hetero) is 1. The first kappa shape index (κ1) is 21.5. The Balaban J connectivity index is 1.32. The highest BCUT2D eigenvalue weighted by Gasteiger charge is 2.28. The summed E-state index contributed by atoms with van der Waals surface area (Å²) < 4.78 is 42.6. The summed E-state index contributed by atoms with van der Waals surface area (Å²) >= 11 is 0. The number of hydrogen-bond acceptors (Lipinski definition) is 6. The van der Waals surface area contributed by atoms with Crippen molar-refractivity contribution in [2.45, 2.75) is 38.4 Å². The van der Waals surface area contributed by atoms with E-state index in [4.69, 9.17) is 4.74 Å². The fourth-order valence-electron chi connectivity index (χ4n) is 3.99. The molecule has 6 nitrogen and oxygen atoms in total. The number of fused-ring (bicyclic) bond motifs is 1. The predicted octanol–water partition coefficient (Wildman–Crippen LogP) is 3.82. The molecular weight excluding hydrogens is 409 g/mol. The number of carbonyl (C=O) groups excluding carboxylic acids is 1. The summed E-state index contributed by atoms with van der Waals surface area (Å²) in [5, 5.41) is 0. The number of ether oxygens (including phenoxy) is 1. The molecule has 2 aliphatic heterocycles. The number of benzene rings is 1. The molecule has 9 heteroatoms. The van der Waals surface area contributed by atoms with Crippen molar-refractivity contribution in [2.24, 2.45) is 0 Å². The largest absolute Gasteiger partial charge is 0.493 e. The Morgan fingerprint density at radius 3 is 2.55 bits per heavy atom. The number of ketones is 1. The summed E-state index contributed by atoms with van der Waals surface area (Å²) in [6.07, 6.45) is -2.46. The van der Waals surface area contributed by atoms with Crippen molar-refractivity contribution in [1.29, 1.82) is 0 Å². The van der Waals surface area contributed by atoms with Gasteiger partial charge in [-0.15, -0.1) is 0 Å². The van der Waals surface area contributed by atoms with Gasteiger partial charge in [0.25, 0.3) is 0 Å². The Bertz CT molecular complexity index is 925. The van der Waals surface area contributed by atoms with E-state index in [-0.39, 0.29) is 11.6 Å². The van der Waals surface area contributed by atoms with Gasteiger partial charge in [-0.2, -0.15) is 13.2 Å². The molecule has 1 unspecified atom stereocenters. The number of aromatic nitrogens is 2. The summed E-state index contributed by atoms with van der Waals surface area (Å²) in [5.41, 5.74) is 2.60. The summed E-state index contributed by atoms with van der Waals surface area (Å²) in [6.45, 7) is 6.05. The Morgan fingerprint density at radius 2 is 1.87 bits per heavy atom. The van der Waals surface area contributed by atoms with Gasteiger partial charge in [-0.25, -0.2) is 9.97 Å². The van der Waals surface area contributed by atoms with Crippen molar-refractivity contribution in [2.75, 3.05) is 37.7 Å². The number of rotatable bonds is 6. The summed E-state index contributed by atoms with van der Waals surface area (Å²) in [5.74, 6) is 0.882. The van der Waals surface area contributed by atoms with Crippen LogP contribution in [0.5, 0.6) is 5.75 Å². The van der Waals surface area contributed by atoms with Crippen molar-refractivity contribution in [3.63, 3.8) is 0 Å². The third-order valence-corrected chi connectivity index (χ3v) is 5.94. The predicted molar refractivity (Wildman–Crippen MR) is 109 cm³/mol. The van der Waals surface area contributed by atoms with Gasteiger partial charge in [0.2, 0.25) is 5.95 Å². The van der Waals surface area contributed by atoms with Gasteiger partial charge in [-0.05, 0) is 24.1 Å². The van der Waals surface area contributed by atoms with E-state index in [2.05, 4.69) is 40.0 Å². The molecule has 0 aliphatic carbocycles. The van der Waals surface area contributed by atoms with E-state index < -0.39 is 24.8 Å². The van der Waals surface area contributed by atoms with E-state index in [1.54, 1.807) is 0 Å². The molecule has 0 saturated carbocycles. The van der Waals surface area contributed by atoms with Crippen LogP contribution >= 0.6 is 0 Å². The molecule has 2 aliphatic rings. The van der Waals surface area contributed by atoms with Gasteiger partial charge in [0.1, 0.15) is 5.75 Å². The smallest absolute Gasteiger partial charge is 0.389 e. The first-order chi connectivity index (χ1) is 14.8. The second-order valence-corrected chi connectivity index (χ2v) is 7.97. The lowest BCUT2D eigenvalue weighted by molar-refractivity contribution is -0.133. The molecule has 1 atom stereocenters. The van der Waals surface area contributed by atoms with Gasteiger partial charge in [-0.1, -0.05) is 12.1 Å². The molecule has 0 radical (unpaired) electrons. The van der Waals surface area contributed by atoms with Crippen LogP contribution in [0.3, 0.4) is 0 Å². The molecule has 31 heavy (non-hydrogen) atoms. The maximum absolute atomic E-state index is 12.3. The topological polar surface area (TPSA) is 58.6 Å². The molecule has 1 aromatic carbocycles. The average molecular weight is 434 g/mol. The zero-order chi connectivity index (χ0) is 22.0. The zero-order valence-electron chi connectivity index (χ0n) is 17.4. The number of alkyl halides is 3. The van der Waals surface area contributed by atoms with Crippen LogP contribution in [0.25, 0.3) is 0 Å². The standard InChI is InChI=1S/C22H25F3N4O2/c1-15(17-3-2-16-5-11-31-20(16)12-17)28-7-9-29(10-8-28)21-26-13-18(14-27-21)19(30)4-6-22(23,24)25/h2-3,12-15H,4-11H2,1H3. The van der Waals surface area contributed by atoms with Crippen molar-refractivity contribution in [1.82, 2.24) is 14.9 Å². The maximum Gasteiger partial charge on any atom is 0.389 e. The molecule has 0 bridgehead atoms. The fraction of sp³-hybridized carbons (Fsp3) is 0.500. The molecule has 1 aromatic heterocycles. The van der Waals surface area contributed by atoms with Gasteiger partial charge >= 0.3 is 6.18 Å². The van der Waals surface area contributed by atoms with Crippen molar-refractivity contribution < 1.29 is 22.7 Å². The van der Waals surface area contributed by atoms with Gasteiger partial charge in [0, 0.05) is 57.5 Å². The number of piperazine rings is 1. The highest BCUT2D eigenvalue weighted by molar-refractivity contribution is 5.95. The van der Waals surface area contributed by atoms with Crippen LogP contribution < -0.4 is 9.64 Å². The maximum atomic E-state index is 12.3. The number of hydrogen-bond donors (Lipinski definition) is 0. The van der Waals surface area contributed by atoms with Gasteiger partial charge in [-0.3, -0.25) is 9.69 Å². The first-order valence-electron chi connectivity index (χ1n) is 10.5. The van der Waals surface area contributed by atoms with Crippen LogP contribution in [0.2, 0.25) is 0 Å². The van der Waals surface area contributed by atoms with Crippen molar-refractivity contribution in [3.8, 4) is 5.75 Å². The third kappa shape index (κ3) is 5.15. The fourth-order valence-corrected chi connectivity index (χ4v) is 3.99. The minimum atomic E-state index is -4.35. The molecule has 2 aromatic rings. The molecule has 1 saturated heterocycles. The molecule has 0 N–H and O–H groups in total. The molecule has 166 valence electrons. The molecule has 0 amide bonds. The lowest BCUT2D eigenvalue weighted by Gasteiger charge is -2.38. The van der Waals surface area contributed by atoms with Crippen LogP contribution in [0, 0.1) is 0 Å². The Labute approximate surface area is 179 Å². The van der Waals surface area contributed by atoms with Crippen LogP contribution in [-0.2, 0) is 6.42 Å². The Kier molecular flexibility index (Phi) is 6.13. The highest BCUT2D eigenvalue weighted by atomic mass is 19.4. The first-order valence-corrected chi connectivity index (χ1v) is 10.5. The highest BCUT2D eigenvalue weighted by Crippen LogP contribution is 2.31. The molecular formula is C22H25F3N4O2. The van der Waals surface area contributed by atoms with E-state index >= 15 is 0 Å². The zero-order valence-corrected chi connectivity index (χ0v) is 17.4. The van der Waals surface area contributed by atoms with Crippen molar-refractivity contribution >= 4 is 11.7 Å². The number of anilines is 1. The second-order valence-electron chi connectivity index (χ2n) is 7.97. The minimum absolute atomic E-state index is 0.110. The normalized spacial score (nSPS) is 17.9. The lowest BCUT2D eigenvalue weighted by atomic mass is 10.0. The summed E-state index contributed by atoms with van der Waals surface area (Å²) in [7, 11) is 0. The van der Waals surface area contributed by atoms with Crippen LogP contribution in [0.15, 0.2) is 30.6 Å². The van der Waals surface area contributed by atoms with E-state index in [1.807, 2.05) is 4.90 Å². The Hall–Kier alpha value is -2.68. The number of halogens is 3. The molecule has 0 spiro atoms. The monoisotopic (exact) mass is 434 g/mol. The third-order valence-electron chi connectivity index (χ3n) is 5.94. The average Bonchev–Trinajstić information content (AvgIpc) is 3.24. The van der Waals surface area contributed by atoms with Crippen LogP contribution in [0.1, 0.15) is 47.3 Å². The van der Waals surface area contributed by atoms with Crippen LogP contribution in [-0.4, -0.2) is 59.6 Å². The number of carbonyl (C=O) groups is 1. The van der Waals surface area contributed by atoms with Crippen molar-refractivity contribution in [3.05, 3.63) is 47.3 Å².